The number of fused-ring (bicyclic) bond motifs is 1. The van der Waals surface area contributed by atoms with Crippen molar-refractivity contribution in [1.29, 1.82) is 5.26 Å². The van der Waals surface area contributed by atoms with Gasteiger partial charge >= 0.3 is 29.8 Å². The van der Waals surface area contributed by atoms with Gasteiger partial charge in [0.15, 0.2) is 49.2 Å². The number of carbonyl (C=O) groups is 5. The smallest absolute Gasteiger partial charge is 0.338 e. The topological polar surface area (TPSA) is 211 Å². The third kappa shape index (κ3) is 12.5. The normalized spacial score (nSPS) is 23.6. The van der Waals surface area contributed by atoms with Crippen LogP contribution in [0.4, 0.5) is 0 Å². The van der Waals surface area contributed by atoms with Gasteiger partial charge in [0.05, 0.1) is 35.5 Å². The maximum Gasteiger partial charge on any atom is 0.338 e. The Morgan fingerprint density at radius 2 is 0.877 bits per heavy atom. The quantitative estimate of drug-likeness (QED) is 0.0396. The van der Waals surface area contributed by atoms with E-state index in [0.29, 0.717) is 16.7 Å². The first-order valence-electron chi connectivity index (χ1n) is 26.1. The molecule has 0 spiro atoms. The Bertz CT molecular complexity index is 3200. The highest BCUT2D eigenvalue weighted by Gasteiger charge is 2.62. The van der Waals surface area contributed by atoms with Crippen molar-refractivity contribution in [3.8, 4) is 6.07 Å². The average Bonchev–Trinajstić information content (AvgIpc) is 4.26. The van der Waals surface area contributed by atoms with Gasteiger partial charge in [-0.05, 0) is 65.2 Å². The minimum Gasteiger partial charge on any atom is -0.453 e. The van der Waals surface area contributed by atoms with Gasteiger partial charge < -0.3 is 52.1 Å². The zero-order valence-corrected chi connectivity index (χ0v) is 43.9. The number of rotatable bonds is 20. The minimum absolute atomic E-state index is 0.123. The van der Waals surface area contributed by atoms with E-state index in [-0.39, 0.29) is 22.3 Å². The van der Waals surface area contributed by atoms with E-state index in [2.05, 4.69) is 0 Å². The van der Waals surface area contributed by atoms with Crippen LogP contribution < -0.4 is 0 Å². The highest BCUT2D eigenvalue weighted by atomic mass is 16.8. The summed E-state index contributed by atoms with van der Waals surface area (Å²) < 4.78 is 70.0. The summed E-state index contributed by atoms with van der Waals surface area (Å²) >= 11 is 0. The molecule has 3 saturated heterocycles. The maximum atomic E-state index is 14.5. The Kier molecular flexibility index (Phi) is 17.2. The predicted molar refractivity (Wildman–Crippen MR) is 287 cm³/mol. The molecule has 3 heterocycles. The fourth-order valence-electron chi connectivity index (χ4n) is 10.0. The van der Waals surface area contributed by atoms with E-state index in [1.807, 2.05) is 97.1 Å². The first kappa shape index (κ1) is 55.5. The van der Waals surface area contributed by atoms with Crippen molar-refractivity contribution in [2.24, 2.45) is 0 Å². The SMILES string of the molecule is CC(=O)O[C@H]1[C@H](OC[C@@H](OC(=O)c2ccccc2)[C@@H]2O[C@@H]3O[C@@](C)(C#N)O[C@@H]3[C@H]2OC(=O)c2ccccc2)O[C@@H]([C@@H](COC(c2ccccc2)(c2ccccc2)c2ccccc2)OC(=O)c2ccccc2)[C@@H]1OC(=O)c1ccccc1. The van der Waals surface area contributed by atoms with Crippen molar-refractivity contribution < 1.29 is 76.1 Å². The van der Waals surface area contributed by atoms with Crippen LogP contribution in [0.3, 0.4) is 0 Å². The van der Waals surface area contributed by atoms with Gasteiger partial charge in [-0.15, -0.1) is 0 Å². The van der Waals surface area contributed by atoms with Gasteiger partial charge in [0.2, 0.25) is 0 Å². The summed E-state index contributed by atoms with van der Waals surface area (Å²) in [5.74, 6) is -5.96. The number of benzene rings is 7. The lowest BCUT2D eigenvalue weighted by molar-refractivity contribution is -0.230. The van der Waals surface area contributed by atoms with Crippen molar-refractivity contribution in [2.75, 3.05) is 13.2 Å². The van der Waals surface area contributed by atoms with E-state index in [1.165, 1.54) is 43.3 Å². The maximum absolute atomic E-state index is 14.5. The zero-order chi connectivity index (χ0) is 56.3. The van der Waals surface area contributed by atoms with Crippen LogP contribution in [0.15, 0.2) is 212 Å². The second-order valence-corrected chi connectivity index (χ2v) is 19.3. The summed E-state index contributed by atoms with van der Waals surface area (Å²) in [6.07, 6.45) is -14.9. The Hall–Kier alpha value is -8.86. The molecule has 7 aromatic rings. The van der Waals surface area contributed by atoms with Crippen molar-refractivity contribution in [3.05, 3.63) is 251 Å². The van der Waals surface area contributed by atoms with Gasteiger partial charge in [-0.25, -0.2) is 19.2 Å². The first-order valence-corrected chi connectivity index (χ1v) is 26.1. The van der Waals surface area contributed by atoms with E-state index in [1.54, 1.807) is 84.9 Å². The Labute approximate surface area is 466 Å². The number of nitrogens with zero attached hydrogens (tertiary/aromatic N) is 1. The molecule has 10 rings (SSSR count). The van der Waals surface area contributed by atoms with Crippen LogP contribution in [0.25, 0.3) is 0 Å². The number of hydrogen-bond donors (Lipinski definition) is 0. The monoisotopic (exact) mass is 1090 g/mol. The minimum atomic E-state index is -1.81. The second kappa shape index (κ2) is 25.1. The number of ether oxygens (including phenoxy) is 11. The molecule has 0 radical (unpaired) electrons. The van der Waals surface area contributed by atoms with Gasteiger partial charge in [0, 0.05) is 13.8 Å². The Morgan fingerprint density at radius 1 is 0.494 bits per heavy atom. The highest BCUT2D eigenvalue weighted by Crippen LogP contribution is 2.44. The lowest BCUT2D eigenvalue weighted by atomic mass is 9.80. The fraction of sp³-hybridized carbons (Fsp3) is 0.250. The summed E-state index contributed by atoms with van der Waals surface area (Å²) in [5, 5.41) is 10.0. The van der Waals surface area contributed by atoms with Crippen molar-refractivity contribution in [2.45, 2.75) is 86.6 Å². The van der Waals surface area contributed by atoms with E-state index in [4.69, 9.17) is 52.1 Å². The van der Waals surface area contributed by atoms with Crippen molar-refractivity contribution in [1.82, 2.24) is 0 Å². The van der Waals surface area contributed by atoms with E-state index >= 15 is 0 Å². The molecule has 17 heteroatoms. The lowest BCUT2D eigenvalue weighted by Crippen LogP contribution is -2.49. The van der Waals surface area contributed by atoms with Crippen LogP contribution in [0.2, 0.25) is 0 Å². The number of carbonyl (C=O) groups excluding carboxylic acids is 5. The molecule has 17 nitrogen and oxygen atoms in total. The number of nitriles is 1. The lowest BCUT2D eigenvalue weighted by Gasteiger charge is -2.38. The largest absolute Gasteiger partial charge is 0.453 e. The highest BCUT2D eigenvalue weighted by molar-refractivity contribution is 5.91. The summed E-state index contributed by atoms with van der Waals surface area (Å²) in [4.78, 5) is 70.1. The third-order valence-electron chi connectivity index (χ3n) is 13.8. The van der Waals surface area contributed by atoms with Crippen molar-refractivity contribution in [3.63, 3.8) is 0 Å². The molecule has 0 saturated carbocycles. The standard InChI is InChI=1S/C64H55NO16/c1-41(66)73-55-53(76-59(69)44-28-14-5-15-29-44)52(50(75-58(68)43-26-12-4-13-27-43)39-72-64(46-32-18-7-19-33-46,47-34-20-8-21-35-47)48-36-22-9-23-37-48)78-61(55)71-38-49(74-57(67)42-24-10-3-11-25-42)51-54(77-60(70)45-30-16-6-17-31-45)56-62(79-51)81-63(2,40-65)80-56/h3-37,49-56,61-62H,38-39H2,1-2H3/t49-,50-,51+,52+,53+,54+,55-,56-,61-,62-,63+/m1/s1. The summed E-state index contributed by atoms with van der Waals surface area (Å²) in [6, 6.07) is 62.7. The van der Waals surface area contributed by atoms with Gasteiger partial charge in [-0.1, -0.05) is 164 Å². The van der Waals surface area contributed by atoms with Gasteiger partial charge in [-0.2, -0.15) is 5.26 Å². The van der Waals surface area contributed by atoms with Crippen LogP contribution in [0, 0.1) is 11.3 Å². The zero-order valence-electron chi connectivity index (χ0n) is 43.9. The van der Waals surface area contributed by atoms with Crippen LogP contribution >= 0.6 is 0 Å². The van der Waals surface area contributed by atoms with Gasteiger partial charge in [0.1, 0.15) is 23.9 Å². The van der Waals surface area contributed by atoms with Crippen LogP contribution in [0.5, 0.6) is 0 Å². The Balaban J connectivity index is 1.05. The van der Waals surface area contributed by atoms with E-state index in [9.17, 15) is 29.2 Å². The van der Waals surface area contributed by atoms with E-state index < -0.39 is 116 Å². The van der Waals surface area contributed by atoms with Gasteiger partial charge in [-0.3, -0.25) is 4.79 Å². The molecule has 0 bridgehead atoms. The summed E-state index contributed by atoms with van der Waals surface area (Å²) in [7, 11) is 0. The molecule has 0 unspecified atom stereocenters. The van der Waals surface area contributed by atoms with Crippen LogP contribution in [0.1, 0.15) is 72.0 Å². The van der Waals surface area contributed by atoms with Crippen molar-refractivity contribution >= 4 is 29.8 Å². The third-order valence-corrected chi connectivity index (χ3v) is 13.8. The average molecular weight is 1090 g/mol. The molecule has 0 N–H and O–H groups in total. The molecule has 0 aliphatic carbocycles. The molecule has 3 aliphatic heterocycles. The molecule has 3 aliphatic rings. The molecule has 11 atom stereocenters. The summed E-state index contributed by atoms with van der Waals surface area (Å²) in [5.41, 5.74) is 1.34. The Morgan fingerprint density at radius 3 is 1.30 bits per heavy atom. The molecule has 0 aromatic heterocycles. The summed E-state index contributed by atoms with van der Waals surface area (Å²) in [6.45, 7) is 1.41. The molecule has 81 heavy (non-hydrogen) atoms. The molecular formula is C64H55NO16. The number of hydrogen-bond acceptors (Lipinski definition) is 17. The van der Waals surface area contributed by atoms with Gasteiger partial charge in [0.25, 0.3) is 5.79 Å². The molecular weight excluding hydrogens is 1040 g/mol. The second-order valence-electron chi connectivity index (χ2n) is 19.3. The molecule has 0 amide bonds. The molecule has 7 aromatic carbocycles. The van der Waals surface area contributed by atoms with Crippen LogP contribution in [-0.4, -0.2) is 110 Å². The molecule has 412 valence electrons. The predicted octanol–water partition coefficient (Wildman–Crippen LogP) is 8.95. The number of esters is 5. The first-order chi connectivity index (χ1) is 39.4. The van der Waals surface area contributed by atoms with E-state index in [0.717, 1.165) is 6.92 Å². The molecule has 3 fully saturated rings. The fourth-order valence-corrected chi connectivity index (χ4v) is 10.0. The van der Waals surface area contributed by atoms with Crippen LogP contribution in [-0.2, 0) is 62.5 Å².